The first-order valence-electron chi connectivity index (χ1n) is 11.7. The molecule has 2 aliphatic heterocycles. The van der Waals surface area contributed by atoms with E-state index in [2.05, 4.69) is 4.90 Å². The van der Waals surface area contributed by atoms with Gasteiger partial charge in [0.15, 0.2) is 0 Å². The highest BCUT2D eigenvalue weighted by Crippen LogP contribution is 2.27. The number of hydrogen-bond acceptors (Lipinski definition) is 4. The lowest BCUT2D eigenvalue weighted by atomic mass is 10.1. The van der Waals surface area contributed by atoms with Crippen LogP contribution >= 0.6 is 0 Å². The van der Waals surface area contributed by atoms with Crippen molar-refractivity contribution in [2.45, 2.75) is 43.5 Å². The molecule has 3 aliphatic rings. The van der Waals surface area contributed by atoms with Crippen LogP contribution in [0.3, 0.4) is 0 Å². The second-order valence-corrected chi connectivity index (χ2v) is 11.1. The van der Waals surface area contributed by atoms with Crippen molar-refractivity contribution in [2.75, 3.05) is 39.3 Å². The van der Waals surface area contributed by atoms with E-state index in [-0.39, 0.29) is 5.91 Å². The Kier molecular flexibility index (Phi) is 6.05. The van der Waals surface area contributed by atoms with Gasteiger partial charge in [0.2, 0.25) is 10.0 Å². The molecule has 0 atom stereocenters. The number of carbonyl (C=O) groups excluding carboxylic acids is 1. The average molecular weight is 454 g/mol. The van der Waals surface area contributed by atoms with Crippen LogP contribution in [-0.4, -0.2) is 67.7 Å². The molecule has 2 heterocycles. The van der Waals surface area contributed by atoms with Gasteiger partial charge in [-0.2, -0.15) is 4.31 Å². The molecule has 2 saturated heterocycles. The van der Waals surface area contributed by atoms with Crippen LogP contribution < -0.4 is 0 Å². The fraction of sp³-hybridized carbons (Fsp3) is 0.480. The molecule has 0 saturated carbocycles. The number of aryl methyl sites for hydroxylation is 2. The molecular formula is C25H31N3O3S. The molecule has 0 N–H and O–H groups in total. The Bertz CT molecular complexity index is 1080. The second-order valence-electron chi connectivity index (χ2n) is 9.16. The predicted octanol–water partition coefficient (Wildman–Crippen LogP) is 2.92. The zero-order valence-corrected chi connectivity index (χ0v) is 19.3. The van der Waals surface area contributed by atoms with Crippen molar-refractivity contribution in [3.63, 3.8) is 0 Å². The summed E-state index contributed by atoms with van der Waals surface area (Å²) < 4.78 is 27.9. The van der Waals surface area contributed by atoms with Crippen LogP contribution in [0.4, 0.5) is 0 Å². The first kappa shape index (κ1) is 21.6. The highest BCUT2D eigenvalue weighted by molar-refractivity contribution is 7.89. The summed E-state index contributed by atoms with van der Waals surface area (Å²) in [7, 11) is -3.44. The zero-order valence-electron chi connectivity index (χ0n) is 18.5. The topological polar surface area (TPSA) is 60.9 Å². The van der Waals surface area contributed by atoms with Gasteiger partial charge >= 0.3 is 0 Å². The Labute approximate surface area is 190 Å². The minimum atomic E-state index is -3.44. The molecule has 0 aromatic heterocycles. The third kappa shape index (κ3) is 4.34. The van der Waals surface area contributed by atoms with Gasteiger partial charge in [-0.15, -0.1) is 0 Å². The van der Waals surface area contributed by atoms with Gasteiger partial charge in [-0.25, -0.2) is 8.42 Å². The van der Waals surface area contributed by atoms with Crippen LogP contribution in [0.1, 0.15) is 46.3 Å². The normalized spacial score (nSPS) is 19.9. The highest BCUT2D eigenvalue weighted by atomic mass is 32.2. The monoisotopic (exact) mass is 453 g/mol. The molecule has 32 heavy (non-hydrogen) atoms. The lowest BCUT2D eigenvalue weighted by Crippen LogP contribution is -2.48. The number of fused-ring (bicyclic) bond motifs is 1. The number of piperazine rings is 1. The van der Waals surface area contributed by atoms with Gasteiger partial charge in [0.05, 0.1) is 4.90 Å². The van der Waals surface area contributed by atoms with Crippen LogP contribution in [0.2, 0.25) is 0 Å². The fourth-order valence-electron chi connectivity index (χ4n) is 5.10. The summed E-state index contributed by atoms with van der Waals surface area (Å²) >= 11 is 0. The van der Waals surface area contributed by atoms with Gasteiger partial charge < -0.3 is 4.90 Å². The van der Waals surface area contributed by atoms with Crippen LogP contribution in [0, 0.1) is 0 Å². The quantitative estimate of drug-likeness (QED) is 0.699. The van der Waals surface area contributed by atoms with Crippen LogP contribution in [0.5, 0.6) is 0 Å². The number of benzene rings is 2. The summed E-state index contributed by atoms with van der Waals surface area (Å²) in [6.07, 6.45) is 5.34. The summed E-state index contributed by atoms with van der Waals surface area (Å²) in [6.45, 7) is 4.91. The lowest BCUT2D eigenvalue weighted by molar-refractivity contribution is 0.0793. The molecule has 2 fully saturated rings. The minimum absolute atomic E-state index is 0.124. The van der Waals surface area contributed by atoms with E-state index in [1.165, 1.54) is 11.1 Å². The summed E-state index contributed by atoms with van der Waals surface area (Å²) in [4.78, 5) is 17.2. The smallest absolute Gasteiger partial charge is 0.253 e. The molecule has 0 radical (unpaired) electrons. The molecule has 2 aromatic carbocycles. The minimum Gasteiger partial charge on any atom is -0.339 e. The Morgan fingerprint density at radius 2 is 1.47 bits per heavy atom. The van der Waals surface area contributed by atoms with Crippen molar-refractivity contribution < 1.29 is 13.2 Å². The Hall–Kier alpha value is -2.22. The fourth-order valence-corrected chi connectivity index (χ4v) is 6.57. The number of amides is 1. The van der Waals surface area contributed by atoms with Gasteiger partial charge in [-0.05, 0) is 73.1 Å². The van der Waals surface area contributed by atoms with Crippen LogP contribution in [0.25, 0.3) is 0 Å². The highest BCUT2D eigenvalue weighted by Gasteiger charge is 2.29. The molecule has 5 rings (SSSR count). The van der Waals surface area contributed by atoms with Crippen molar-refractivity contribution in [1.82, 2.24) is 14.1 Å². The van der Waals surface area contributed by atoms with Crippen molar-refractivity contribution in [3.05, 3.63) is 64.7 Å². The van der Waals surface area contributed by atoms with E-state index in [1.54, 1.807) is 10.4 Å². The van der Waals surface area contributed by atoms with E-state index in [1.807, 2.05) is 41.3 Å². The third-order valence-electron chi connectivity index (χ3n) is 7.04. The first-order valence-corrected chi connectivity index (χ1v) is 13.2. The Morgan fingerprint density at radius 3 is 2.19 bits per heavy atom. The first-order chi connectivity index (χ1) is 15.5. The van der Waals surface area contributed by atoms with E-state index in [0.29, 0.717) is 31.1 Å². The molecule has 0 spiro atoms. The van der Waals surface area contributed by atoms with Crippen LogP contribution in [0.15, 0.2) is 47.4 Å². The molecule has 1 amide bonds. The summed E-state index contributed by atoms with van der Waals surface area (Å²) in [6, 6.07) is 13.5. The van der Waals surface area contributed by atoms with Crippen LogP contribution in [-0.2, 0) is 29.4 Å². The number of rotatable bonds is 5. The number of sulfonamides is 1. The number of hydrogen-bond donors (Lipinski definition) is 0. The van der Waals surface area contributed by atoms with Crippen molar-refractivity contribution in [3.8, 4) is 0 Å². The maximum atomic E-state index is 13.1. The number of nitrogens with zero attached hydrogens (tertiary/aromatic N) is 3. The van der Waals surface area contributed by atoms with E-state index < -0.39 is 10.0 Å². The van der Waals surface area contributed by atoms with Crippen molar-refractivity contribution in [1.29, 1.82) is 0 Å². The Morgan fingerprint density at radius 1 is 0.781 bits per heavy atom. The van der Waals surface area contributed by atoms with Gasteiger partial charge in [0, 0.05) is 51.4 Å². The summed E-state index contributed by atoms with van der Waals surface area (Å²) in [5, 5.41) is 0. The Balaban J connectivity index is 1.17. The summed E-state index contributed by atoms with van der Waals surface area (Å²) in [5.41, 5.74) is 4.39. The third-order valence-corrected chi connectivity index (χ3v) is 8.93. The van der Waals surface area contributed by atoms with Gasteiger partial charge in [-0.3, -0.25) is 9.69 Å². The molecule has 6 nitrogen and oxygen atoms in total. The van der Waals surface area contributed by atoms with E-state index in [4.69, 9.17) is 0 Å². The van der Waals surface area contributed by atoms with Gasteiger partial charge in [0.1, 0.15) is 0 Å². The van der Waals surface area contributed by atoms with Crippen molar-refractivity contribution >= 4 is 15.9 Å². The lowest BCUT2D eigenvalue weighted by Gasteiger charge is -2.34. The molecule has 2 aromatic rings. The molecule has 7 heteroatoms. The maximum absolute atomic E-state index is 13.1. The molecular weight excluding hydrogens is 422 g/mol. The standard InChI is InChI=1S/C25H31N3O3S/c29-25(27-12-1-2-13-27)22-8-6-20(7-9-22)19-26-14-16-28(17-15-26)32(30,31)24-11-10-21-4-3-5-23(21)18-24/h6-11,18H,1-5,12-17,19H2. The average Bonchev–Trinajstić information content (AvgIpc) is 3.51. The van der Waals surface area contributed by atoms with E-state index in [0.717, 1.165) is 62.9 Å². The molecule has 0 unspecified atom stereocenters. The maximum Gasteiger partial charge on any atom is 0.253 e. The van der Waals surface area contributed by atoms with E-state index in [9.17, 15) is 13.2 Å². The van der Waals surface area contributed by atoms with Crippen molar-refractivity contribution in [2.24, 2.45) is 0 Å². The molecule has 170 valence electrons. The van der Waals surface area contributed by atoms with Gasteiger partial charge in [-0.1, -0.05) is 18.2 Å². The summed E-state index contributed by atoms with van der Waals surface area (Å²) in [5.74, 6) is 0.124. The van der Waals surface area contributed by atoms with Gasteiger partial charge in [0.25, 0.3) is 5.91 Å². The SMILES string of the molecule is O=C(c1ccc(CN2CCN(S(=O)(=O)c3ccc4c(c3)CCC4)CC2)cc1)N1CCCC1. The predicted molar refractivity (Wildman–Crippen MR) is 124 cm³/mol. The largest absolute Gasteiger partial charge is 0.339 e. The molecule has 1 aliphatic carbocycles. The number of likely N-dealkylation sites (tertiary alicyclic amines) is 1. The zero-order chi connectivity index (χ0) is 22.1. The number of carbonyl (C=O) groups is 1. The second kappa shape index (κ2) is 8.96. The van der Waals surface area contributed by atoms with E-state index >= 15 is 0 Å². The molecule has 0 bridgehead atoms.